The summed E-state index contributed by atoms with van der Waals surface area (Å²) in [5, 5.41) is 2.50. The van der Waals surface area contributed by atoms with E-state index < -0.39 is 17.6 Å². The Morgan fingerprint density at radius 3 is 2.64 bits per heavy atom. The number of likely N-dealkylation sites (tertiary alicyclic amines) is 1. The van der Waals surface area contributed by atoms with E-state index in [0.29, 0.717) is 31.7 Å². The number of benzene rings is 2. The molecular weight excluding hydrogens is 507 g/mol. The average Bonchev–Trinajstić information content (AvgIpc) is 3.38. The van der Waals surface area contributed by atoms with Crippen molar-refractivity contribution in [1.82, 2.24) is 20.7 Å². The minimum atomic E-state index is -0.638. The highest BCUT2D eigenvalue weighted by Crippen LogP contribution is 2.32. The molecule has 3 amide bonds. The van der Waals surface area contributed by atoms with Crippen molar-refractivity contribution in [2.75, 3.05) is 20.2 Å². The van der Waals surface area contributed by atoms with Gasteiger partial charge in [0.15, 0.2) is 0 Å². The molecule has 1 aliphatic heterocycles. The molecule has 0 unspecified atom stereocenters. The van der Waals surface area contributed by atoms with Crippen molar-refractivity contribution in [1.29, 1.82) is 0 Å². The zero-order valence-corrected chi connectivity index (χ0v) is 21.0. The monoisotopic (exact) mass is 530 g/mol. The van der Waals surface area contributed by atoms with Gasteiger partial charge in [0.2, 0.25) is 5.91 Å². The first-order valence-electron chi connectivity index (χ1n) is 11.3. The minimum Gasteiger partial charge on any atom is -0.497 e. The molecule has 188 valence electrons. The summed E-state index contributed by atoms with van der Waals surface area (Å²) in [6.45, 7) is 0.852. The van der Waals surface area contributed by atoms with Crippen molar-refractivity contribution in [3.8, 4) is 5.75 Å². The van der Waals surface area contributed by atoms with Crippen LogP contribution in [0.15, 0.2) is 47.8 Å². The number of hydrazine groups is 1. The lowest BCUT2D eigenvalue weighted by atomic mass is 9.97. The number of carbonyl (C=O) groups is 3. The molecule has 1 aliphatic rings. The van der Waals surface area contributed by atoms with Crippen LogP contribution in [0.5, 0.6) is 5.75 Å². The van der Waals surface area contributed by atoms with Crippen molar-refractivity contribution >= 4 is 40.7 Å². The van der Waals surface area contributed by atoms with Gasteiger partial charge in [-0.15, -0.1) is 11.3 Å². The maximum absolute atomic E-state index is 14.1. The quantitative estimate of drug-likeness (QED) is 0.470. The van der Waals surface area contributed by atoms with Gasteiger partial charge in [-0.3, -0.25) is 25.2 Å². The molecule has 8 nitrogen and oxygen atoms in total. The first-order valence-corrected chi connectivity index (χ1v) is 12.5. The molecule has 1 saturated heterocycles. The van der Waals surface area contributed by atoms with Gasteiger partial charge in [-0.25, -0.2) is 9.37 Å². The molecule has 0 atom stereocenters. The van der Waals surface area contributed by atoms with Crippen molar-refractivity contribution in [3.05, 3.63) is 80.5 Å². The summed E-state index contributed by atoms with van der Waals surface area (Å²) < 4.78 is 19.3. The molecule has 4 rings (SSSR count). The molecule has 0 spiro atoms. The normalized spacial score (nSPS) is 13.8. The number of nitrogens with zero attached hydrogens (tertiary/aromatic N) is 2. The molecule has 11 heteroatoms. The average molecular weight is 531 g/mol. The first-order chi connectivity index (χ1) is 17.4. The van der Waals surface area contributed by atoms with Gasteiger partial charge in [0.05, 0.1) is 29.1 Å². The fourth-order valence-electron chi connectivity index (χ4n) is 3.97. The van der Waals surface area contributed by atoms with Gasteiger partial charge in [0.1, 0.15) is 17.3 Å². The lowest BCUT2D eigenvalue weighted by Gasteiger charge is -2.31. The molecule has 2 heterocycles. The predicted octanol–water partition coefficient (Wildman–Crippen LogP) is 3.97. The number of piperidine rings is 1. The maximum atomic E-state index is 14.1. The Bertz CT molecular complexity index is 1260. The second-order valence-corrected chi connectivity index (χ2v) is 9.56. The second kappa shape index (κ2) is 11.5. The third-order valence-corrected chi connectivity index (χ3v) is 7.20. The molecule has 0 aliphatic carbocycles. The van der Waals surface area contributed by atoms with E-state index in [2.05, 4.69) is 15.8 Å². The van der Waals surface area contributed by atoms with Gasteiger partial charge in [0.25, 0.3) is 11.8 Å². The van der Waals surface area contributed by atoms with Crippen LogP contribution in [0.25, 0.3) is 0 Å². The van der Waals surface area contributed by atoms with E-state index in [-0.39, 0.29) is 34.5 Å². The van der Waals surface area contributed by atoms with Crippen LogP contribution in [0.2, 0.25) is 5.02 Å². The van der Waals surface area contributed by atoms with E-state index in [0.717, 1.165) is 10.6 Å². The fourth-order valence-corrected chi connectivity index (χ4v) is 5.19. The standard InChI is InChI=1S/C25H24ClFN4O4S/c1-35-17-5-2-4-15(12-17)13-21(32)29-30-23(33)20-14-36-24(28-20)16-8-10-31(11-9-16)25(34)22-18(26)6-3-7-19(22)27/h2-7,12,14,16H,8-11,13H2,1H3,(H,29,32)(H,30,33). The van der Waals surface area contributed by atoms with E-state index in [4.69, 9.17) is 16.3 Å². The molecule has 0 radical (unpaired) electrons. The molecule has 0 saturated carbocycles. The van der Waals surface area contributed by atoms with Crippen molar-refractivity contribution in [3.63, 3.8) is 0 Å². The number of rotatable bonds is 6. The summed E-state index contributed by atoms with van der Waals surface area (Å²) in [5.41, 5.74) is 5.63. The summed E-state index contributed by atoms with van der Waals surface area (Å²) in [6.07, 6.45) is 1.34. The van der Waals surface area contributed by atoms with Crippen LogP contribution in [0.3, 0.4) is 0 Å². The number of amides is 3. The van der Waals surface area contributed by atoms with Crippen molar-refractivity contribution < 1.29 is 23.5 Å². The number of carbonyl (C=O) groups excluding carboxylic acids is 3. The van der Waals surface area contributed by atoms with Crippen LogP contribution in [-0.4, -0.2) is 47.8 Å². The first kappa shape index (κ1) is 25.6. The smallest absolute Gasteiger partial charge is 0.289 e. The number of methoxy groups -OCH3 is 1. The lowest BCUT2D eigenvalue weighted by Crippen LogP contribution is -2.42. The zero-order chi connectivity index (χ0) is 25.7. The Kier molecular flexibility index (Phi) is 8.17. The Hall–Kier alpha value is -3.50. The summed E-state index contributed by atoms with van der Waals surface area (Å²) in [5.74, 6) is -1.25. The highest BCUT2D eigenvalue weighted by atomic mass is 35.5. The maximum Gasteiger partial charge on any atom is 0.289 e. The Balaban J connectivity index is 1.28. The lowest BCUT2D eigenvalue weighted by molar-refractivity contribution is -0.121. The zero-order valence-electron chi connectivity index (χ0n) is 19.4. The number of nitrogens with one attached hydrogen (secondary N) is 2. The minimum absolute atomic E-state index is 0.0688. The van der Waals surface area contributed by atoms with Crippen LogP contribution in [0.1, 0.15) is 50.2 Å². The molecule has 2 N–H and O–H groups in total. The Morgan fingerprint density at radius 1 is 1.17 bits per heavy atom. The van der Waals surface area contributed by atoms with Crippen LogP contribution in [-0.2, 0) is 11.2 Å². The summed E-state index contributed by atoms with van der Waals surface area (Å²) in [6, 6.07) is 11.3. The second-order valence-electron chi connectivity index (χ2n) is 8.26. The number of hydrogen-bond donors (Lipinski definition) is 2. The van der Waals surface area contributed by atoms with E-state index in [1.54, 1.807) is 41.7 Å². The van der Waals surface area contributed by atoms with Crippen LogP contribution >= 0.6 is 22.9 Å². The summed E-state index contributed by atoms with van der Waals surface area (Å²) >= 11 is 7.39. The van der Waals surface area contributed by atoms with Gasteiger partial charge >= 0.3 is 0 Å². The number of halogens is 2. The molecule has 1 aromatic heterocycles. The number of ether oxygens (including phenoxy) is 1. The third-order valence-electron chi connectivity index (χ3n) is 5.88. The summed E-state index contributed by atoms with van der Waals surface area (Å²) in [7, 11) is 1.55. The van der Waals surface area contributed by atoms with Gasteiger partial charge in [-0.1, -0.05) is 29.8 Å². The highest BCUT2D eigenvalue weighted by Gasteiger charge is 2.29. The number of thiazole rings is 1. The number of aromatic nitrogens is 1. The van der Waals surface area contributed by atoms with E-state index in [1.807, 2.05) is 0 Å². The molecule has 0 bridgehead atoms. The number of hydrogen-bond acceptors (Lipinski definition) is 6. The van der Waals surface area contributed by atoms with Gasteiger partial charge < -0.3 is 9.64 Å². The van der Waals surface area contributed by atoms with E-state index >= 15 is 0 Å². The van der Waals surface area contributed by atoms with Gasteiger partial charge in [-0.2, -0.15) is 0 Å². The van der Waals surface area contributed by atoms with E-state index in [9.17, 15) is 18.8 Å². The van der Waals surface area contributed by atoms with Crippen LogP contribution < -0.4 is 15.6 Å². The topological polar surface area (TPSA) is 101 Å². The van der Waals surface area contributed by atoms with Crippen LogP contribution in [0.4, 0.5) is 4.39 Å². The predicted molar refractivity (Wildman–Crippen MR) is 134 cm³/mol. The fraction of sp³-hybridized carbons (Fsp3) is 0.280. The van der Waals surface area contributed by atoms with Gasteiger partial charge in [0, 0.05) is 24.4 Å². The molecule has 1 fully saturated rings. The molecule has 3 aromatic rings. The van der Waals surface area contributed by atoms with Gasteiger partial charge in [-0.05, 0) is 42.7 Å². The molecule has 36 heavy (non-hydrogen) atoms. The van der Waals surface area contributed by atoms with Crippen molar-refractivity contribution in [2.24, 2.45) is 0 Å². The largest absolute Gasteiger partial charge is 0.497 e. The van der Waals surface area contributed by atoms with Crippen molar-refractivity contribution in [2.45, 2.75) is 25.2 Å². The summed E-state index contributed by atoms with van der Waals surface area (Å²) in [4.78, 5) is 43.4. The van der Waals surface area contributed by atoms with Crippen LogP contribution in [0, 0.1) is 5.82 Å². The Labute approximate surface area is 216 Å². The molecule has 2 aromatic carbocycles. The SMILES string of the molecule is COc1cccc(CC(=O)NNC(=O)c2csc(C3CCN(C(=O)c4c(F)cccc4Cl)CC3)n2)c1. The highest BCUT2D eigenvalue weighted by molar-refractivity contribution is 7.09. The third kappa shape index (κ3) is 6.00. The molecular formula is C25H24ClFN4O4S. The van der Waals surface area contributed by atoms with E-state index in [1.165, 1.54) is 29.5 Å². The Morgan fingerprint density at radius 2 is 1.92 bits per heavy atom.